The molecule has 7 nitrogen and oxygen atoms in total. The van der Waals surface area contributed by atoms with Gasteiger partial charge in [-0.15, -0.1) is 0 Å². The van der Waals surface area contributed by atoms with Crippen molar-refractivity contribution in [2.24, 2.45) is 17.4 Å². The predicted molar refractivity (Wildman–Crippen MR) is 103 cm³/mol. The molecule has 1 aromatic rings. The molecule has 1 aliphatic heterocycles. The maximum Gasteiger partial charge on any atom is 0.415 e. The molecular weight excluding hydrogens is 463 g/mol. The summed E-state index contributed by atoms with van der Waals surface area (Å²) in [5.41, 5.74) is 4.34. The quantitative estimate of drug-likeness (QED) is 0.522. The van der Waals surface area contributed by atoms with Crippen molar-refractivity contribution < 1.29 is 30.7 Å². The van der Waals surface area contributed by atoms with Crippen LogP contribution in [-0.2, 0) is 0 Å². The highest BCUT2D eigenvalue weighted by Gasteiger charge is 2.72. The van der Waals surface area contributed by atoms with Crippen LogP contribution in [0.1, 0.15) is 32.2 Å². The Morgan fingerprint density at radius 2 is 1.61 bits per heavy atom. The molecule has 3 atom stereocenters. The molecule has 33 heavy (non-hydrogen) atoms. The van der Waals surface area contributed by atoms with E-state index in [0.29, 0.717) is 12.8 Å². The van der Waals surface area contributed by atoms with Gasteiger partial charge in [0.1, 0.15) is 0 Å². The standard InChI is InChI=1S/C19H22F7N5O2/c1-7-13-10(15(32)29-16(33)31(13)9-2-3-9)12(27)11(20)14(7)30-5-4-8(6-30)17(28,18(21,22)23)19(24,25)26/h8-9,11,14H,2-6,27-28H2,1H3,(H,29,32,33). The van der Waals surface area contributed by atoms with Crippen LogP contribution in [0, 0.1) is 5.92 Å². The van der Waals surface area contributed by atoms with Crippen molar-refractivity contribution in [1.82, 2.24) is 14.5 Å². The topological polar surface area (TPSA) is 110 Å². The smallest absolute Gasteiger partial charge is 0.399 e. The van der Waals surface area contributed by atoms with Gasteiger partial charge in [-0.3, -0.25) is 19.2 Å². The van der Waals surface area contributed by atoms with Crippen molar-refractivity contribution in [1.29, 1.82) is 0 Å². The van der Waals surface area contributed by atoms with Crippen molar-refractivity contribution in [2.45, 2.75) is 62.3 Å². The third-order valence-corrected chi connectivity index (χ3v) is 6.93. The zero-order chi connectivity index (χ0) is 24.7. The first-order valence-corrected chi connectivity index (χ1v) is 10.3. The number of nitrogens with two attached hydrogens (primary N) is 2. The van der Waals surface area contributed by atoms with Crippen molar-refractivity contribution in [3.05, 3.63) is 31.4 Å². The molecule has 2 aliphatic carbocycles. The van der Waals surface area contributed by atoms with Gasteiger partial charge in [-0.05, 0) is 38.3 Å². The molecule has 1 saturated heterocycles. The maximum absolute atomic E-state index is 15.4. The zero-order valence-corrected chi connectivity index (χ0v) is 17.4. The highest BCUT2D eigenvalue weighted by Crippen LogP contribution is 2.49. The highest BCUT2D eigenvalue weighted by atomic mass is 19.4. The molecule has 0 radical (unpaired) electrons. The number of nitrogens with one attached hydrogen (secondary N) is 1. The molecule has 5 N–H and O–H groups in total. The van der Waals surface area contributed by atoms with Crippen LogP contribution in [0.5, 0.6) is 0 Å². The Bertz CT molecular complexity index is 1200. The normalized spacial score (nSPS) is 27.2. The second kappa shape index (κ2) is 7.32. The summed E-state index contributed by atoms with van der Waals surface area (Å²) in [5, 5.41) is -0.172. The van der Waals surface area contributed by atoms with Gasteiger partial charge in [-0.25, -0.2) is 9.18 Å². The monoisotopic (exact) mass is 485 g/mol. The van der Waals surface area contributed by atoms with Crippen LogP contribution in [-0.4, -0.2) is 57.6 Å². The number of rotatable bonds is 3. The fraction of sp³-hybridized carbons (Fsp3) is 0.684. The number of aromatic nitrogens is 2. The first kappa shape index (κ1) is 23.8. The number of likely N-dealkylation sites (tertiary alicyclic amines) is 1. The van der Waals surface area contributed by atoms with Crippen LogP contribution in [0.2, 0.25) is 0 Å². The lowest BCUT2D eigenvalue weighted by molar-refractivity contribution is -0.310. The van der Waals surface area contributed by atoms with Gasteiger partial charge in [-0.1, -0.05) is 0 Å². The first-order chi connectivity index (χ1) is 15.1. The van der Waals surface area contributed by atoms with E-state index in [0.717, 1.165) is 4.90 Å². The summed E-state index contributed by atoms with van der Waals surface area (Å²) in [4.78, 5) is 28.0. The van der Waals surface area contributed by atoms with Crippen molar-refractivity contribution in [3.63, 3.8) is 0 Å². The van der Waals surface area contributed by atoms with Crippen LogP contribution < -0.4 is 33.3 Å². The minimum Gasteiger partial charge on any atom is -0.399 e. The molecule has 1 saturated carbocycles. The number of fused-ring (bicyclic) bond motifs is 1. The minimum absolute atomic E-state index is 0.0664. The van der Waals surface area contributed by atoms with Gasteiger partial charge in [0, 0.05) is 18.5 Å². The third-order valence-electron chi connectivity index (χ3n) is 6.93. The molecule has 3 aliphatic rings. The molecule has 0 amide bonds. The van der Waals surface area contributed by atoms with Crippen molar-refractivity contribution in [3.8, 4) is 0 Å². The van der Waals surface area contributed by atoms with E-state index in [-0.39, 0.29) is 28.7 Å². The predicted octanol–water partition coefficient (Wildman–Crippen LogP) is -0.0267. The number of nitrogens with zero attached hydrogens (tertiary/aromatic N) is 2. The van der Waals surface area contributed by atoms with Gasteiger partial charge in [0.05, 0.1) is 22.3 Å². The molecule has 3 unspecified atom stereocenters. The highest BCUT2D eigenvalue weighted by molar-refractivity contribution is 5.62. The summed E-state index contributed by atoms with van der Waals surface area (Å²) < 4.78 is 97.2. The van der Waals surface area contributed by atoms with Crippen LogP contribution >= 0.6 is 0 Å². The Kier molecular flexibility index (Phi) is 5.28. The average molecular weight is 485 g/mol. The molecule has 184 valence electrons. The number of H-pyrrole nitrogens is 1. The van der Waals surface area contributed by atoms with E-state index in [4.69, 9.17) is 11.5 Å². The lowest BCUT2D eigenvalue weighted by Crippen LogP contribution is -2.68. The van der Waals surface area contributed by atoms with Crippen molar-refractivity contribution in [2.75, 3.05) is 13.1 Å². The SMILES string of the molecule is CC1=c2c(c(=O)[nH]c(=O)n2C2CC2)=C(N)C(F)C1N1CCC(C(N)(C(F)(F)F)C(F)(F)F)C1. The lowest BCUT2D eigenvalue weighted by Gasteiger charge is -2.39. The second-order valence-electron chi connectivity index (χ2n) is 8.91. The molecule has 0 bridgehead atoms. The molecule has 1 aromatic heterocycles. The third kappa shape index (κ3) is 3.40. The number of alkyl halides is 7. The van der Waals surface area contributed by atoms with E-state index in [1.165, 1.54) is 11.5 Å². The van der Waals surface area contributed by atoms with Crippen LogP contribution in [0.4, 0.5) is 30.7 Å². The summed E-state index contributed by atoms with van der Waals surface area (Å²) in [6, 6.07) is -1.61. The number of hydrogen-bond donors (Lipinski definition) is 3. The Labute approximate surface area is 181 Å². The van der Waals surface area contributed by atoms with Gasteiger partial charge >= 0.3 is 18.0 Å². The Morgan fingerprint density at radius 3 is 2.12 bits per heavy atom. The van der Waals surface area contributed by atoms with Crippen LogP contribution in [0.3, 0.4) is 0 Å². The van der Waals surface area contributed by atoms with Crippen molar-refractivity contribution >= 4 is 11.3 Å². The summed E-state index contributed by atoms with van der Waals surface area (Å²) in [6.07, 6.45) is -13.0. The number of aromatic amines is 1. The average Bonchev–Trinajstić information content (AvgIpc) is 3.40. The van der Waals surface area contributed by atoms with Gasteiger partial charge < -0.3 is 11.5 Å². The van der Waals surface area contributed by atoms with Gasteiger partial charge in [0.25, 0.3) is 5.56 Å². The van der Waals surface area contributed by atoms with Crippen LogP contribution in [0.15, 0.2) is 9.59 Å². The van der Waals surface area contributed by atoms with Gasteiger partial charge in [-0.2, -0.15) is 26.3 Å². The van der Waals surface area contributed by atoms with E-state index in [2.05, 4.69) is 4.98 Å². The molecule has 14 heteroatoms. The summed E-state index contributed by atoms with van der Waals surface area (Å²) in [6.45, 7) is 0.298. The molecule has 0 aromatic carbocycles. The summed E-state index contributed by atoms with van der Waals surface area (Å²) >= 11 is 0. The van der Waals surface area contributed by atoms with Crippen LogP contribution in [0.25, 0.3) is 11.3 Å². The maximum atomic E-state index is 15.4. The minimum atomic E-state index is -5.77. The van der Waals surface area contributed by atoms with E-state index in [1.807, 2.05) is 0 Å². The lowest BCUT2D eigenvalue weighted by atomic mass is 9.82. The largest absolute Gasteiger partial charge is 0.415 e. The molecule has 2 fully saturated rings. The second-order valence-corrected chi connectivity index (χ2v) is 8.91. The van der Waals surface area contributed by atoms with E-state index in [1.54, 1.807) is 0 Å². The fourth-order valence-electron chi connectivity index (χ4n) is 5.05. The number of hydrogen-bond acceptors (Lipinski definition) is 5. The Balaban J connectivity index is 1.82. The van der Waals surface area contributed by atoms with E-state index >= 15 is 4.39 Å². The molecular formula is C19H22F7N5O2. The first-order valence-electron chi connectivity index (χ1n) is 10.3. The fourth-order valence-corrected chi connectivity index (χ4v) is 5.05. The van der Waals surface area contributed by atoms with E-state index < -0.39 is 65.9 Å². The van der Waals surface area contributed by atoms with Gasteiger partial charge in [0.15, 0.2) is 6.17 Å². The zero-order valence-electron chi connectivity index (χ0n) is 17.4. The summed E-state index contributed by atoms with van der Waals surface area (Å²) in [7, 11) is 0. The summed E-state index contributed by atoms with van der Waals surface area (Å²) in [5.74, 6) is -2.08. The Morgan fingerprint density at radius 1 is 1.03 bits per heavy atom. The number of halogens is 7. The van der Waals surface area contributed by atoms with Gasteiger partial charge in [0.2, 0.25) is 5.54 Å². The molecule has 0 spiro atoms. The van der Waals surface area contributed by atoms with E-state index in [9.17, 15) is 35.9 Å². The molecule has 2 heterocycles. The molecule has 4 rings (SSSR count). The Hall–Kier alpha value is -2.35.